The number of carbonyl (C=O) groups is 2. The molecule has 2 aromatic heterocycles. The maximum absolute atomic E-state index is 12.4. The molecule has 0 spiro atoms. The van der Waals surface area contributed by atoms with E-state index in [0.717, 1.165) is 19.6 Å². The van der Waals surface area contributed by atoms with Crippen LogP contribution in [0.2, 0.25) is 0 Å². The number of fused-ring (bicyclic) bond motifs is 1. The van der Waals surface area contributed by atoms with Crippen LogP contribution in [0, 0.1) is 17.0 Å². The smallest absolute Gasteiger partial charge is 0.296 e. The van der Waals surface area contributed by atoms with Gasteiger partial charge in [-0.3, -0.25) is 19.7 Å². The molecule has 2 aromatic carbocycles. The molecule has 36 heavy (non-hydrogen) atoms. The van der Waals surface area contributed by atoms with Crippen molar-refractivity contribution in [1.29, 1.82) is 0 Å². The van der Waals surface area contributed by atoms with E-state index in [0.29, 0.717) is 15.8 Å². The van der Waals surface area contributed by atoms with Crippen LogP contribution >= 0.6 is 46.2 Å². The summed E-state index contributed by atoms with van der Waals surface area (Å²) in [6, 6.07) is 9.62. The molecule has 15 heteroatoms. The number of aryl methyl sites for hydroxylation is 1. The molecule has 0 aliphatic rings. The second-order valence-electron chi connectivity index (χ2n) is 7.06. The molecule has 0 atom stereocenters. The van der Waals surface area contributed by atoms with Crippen molar-refractivity contribution in [3.8, 4) is 5.75 Å². The summed E-state index contributed by atoms with van der Waals surface area (Å²) in [7, 11) is 1.41. The van der Waals surface area contributed by atoms with Gasteiger partial charge in [0.1, 0.15) is 16.4 Å². The first-order valence-corrected chi connectivity index (χ1v) is 13.8. The normalized spacial score (nSPS) is 10.8. The number of thioether (sulfide) groups is 2. The fourth-order valence-electron chi connectivity index (χ4n) is 2.91. The van der Waals surface area contributed by atoms with E-state index in [1.807, 2.05) is 13.0 Å². The van der Waals surface area contributed by atoms with Crippen molar-refractivity contribution in [3.63, 3.8) is 0 Å². The number of carbonyl (C=O) groups excluding carboxylic acids is 2. The molecule has 0 saturated carbocycles. The molecular weight excluding hydrogens is 545 g/mol. The summed E-state index contributed by atoms with van der Waals surface area (Å²) in [4.78, 5) is 39.9. The monoisotopic (exact) mass is 562 g/mol. The quantitative estimate of drug-likeness (QED) is 0.156. The summed E-state index contributed by atoms with van der Waals surface area (Å²) in [5.74, 6) is 0.0105. The van der Waals surface area contributed by atoms with Crippen LogP contribution in [-0.4, -0.2) is 50.5 Å². The van der Waals surface area contributed by atoms with Gasteiger partial charge in [-0.25, -0.2) is 4.98 Å². The van der Waals surface area contributed by atoms with Gasteiger partial charge in [-0.05, 0) is 37.3 Å². The van der Waals surface area contributed by atoms with Crippen LogP contribution in [0.25, 0.3) is 10.2 Å². The predicted octanol–water partition coefficient (Wildman–Crippen LogP) is 4.83. The molecule has 2 amide bonds. The first kappa shape index (κ1) is 25.8. The van der Waals surface area contributed by atoms with Crippen molar-refractivity contribution in [1.82, 2.24) is 15.2 Å². The lowest BCUT2D eigenvalue weighted by atomic mass is 10.2. The number of aromatic nitrogens is 3. The van der Waals surface area contributed by atoms with Gasteiger partial charge in [0.05, 0.1) is 39.8 Å². The van der Waals surface area contributed by atoms with Gasteiger partial charge in [0.2, 0.25) is 11.8 Å². The Kier molecular flexibility index (Phi) is 8.35. The number of anilines is 2. The first-order chi connectivity index (χ1) is 17.3. The van der Waals surface area contributed by atoms with E-state index in [4.69, 9.17) is 4.74 Å². The standard InChI is InChI=1S/C21H18N6O5S4/c1-11-25-26-21(35-11)34-9-18(28)22-12-3-5-15-17(7-12)36-20(24-15)33-10-19(29)23-14-6-4-13(32-2)8-16(14)27(30)31/h3-8H,9-10H2,1-2H3,(H,22,28)(H,23,29). The molecule has 0 unspecified atom stereocenters. The number of benzene rings is 2. The molecule has 0 bridgehead atoms. The zero-order valence-electron chi connectivity index (χ0n) is 18.8. The number of amides is 2. The zero-order chi connectivity index (χ0) is 25.7. The fraction of sp³-hybridized carbons (Fsp3) is 0.190. The second-order valence-corrected chi connectivity index (χ2v) is 11.7. The fourth-order valence-corrected chi connectivity index (χ4v) is 6.44. The number of methoxy groups -OCH3 is 1. The summed E-state index contributed by atoms with van der Waals surface area (Å²) in [6.45, 7) is 1.86. The maximum atomic E-state index is 12.4. The first-order valence-electron chi connectivity index (χ1n) is 10.2. The lowest BCUT2D eigenvalue weighted by molar-refractivity contribution is -0.384. The summed E-state index contributed by atoms with van der Waals surface area (Å²) < 4.78 is 7.26. The van der Waals surface area contributed by atoms with Crippen molar-refractivity contribution in [2.75, 3.05) is 29.2 Å². The molecule has 4 rings (SSSR count). The molecule has 11 nitrogen and oxygen atoms in total. The molecule has 186 valence electrons. The zero-order valence-corrected chi connectivity index (χ0v) is 22.1. The van der Waals surface area contributed by atoms with Crippen LogP contribution in [-0.2, 0) is 9.59 Å². The minimum Gasteiger partial charge on any atom is -0.496 e. The Balaban J connectivity index is 1.33. The van der Waals surface area contributed by atoms with Gasteiger partial charge in [0.25, 0.3) is 5.69 Å². The summed E-state index contributed by atoms with van der Waals surface area (Å²) in [5, 5.41) is 25.5. The van der Waals surface area contributed by atoms with Crippen LogP contribution in [0.1, 0.15) is 5.01 Å². The topological polar surface area (TPSA) is 149 Å². The molecule has 0 fully saturated rings. The highest BCUT2D eigenvalue weighted by molar-refractivity contribution is 8.02. The number of nitrogens with zero attached hydrogens (tertiary/aromatic N) is 4. The van der Waals surface area contributed by atoms with E-state index in [-0.39, 0.29) is 28.8 Å². The van der Waals surface area contributed by atoms with Crippen molar-refractivity contribution in [2.45, 2.75) is 15.6 Å². The number of ether oxygens (including phenoxy) is 1. The molecule has 0 aliphatic heterocycles. The number of nitro groups is 1. The van der Waals surface area contributed by atoms with E-state index in [9.17, 15) is 19.7 Å². The number of nitro benzene ring substituents is 1. The van der Waals surface area contributed by atoms with Gasteiger partial charge in [0, 0.05) is 5.69 Å². The minimum atomic E-state index is -0.578. The van der Waals surface area contributed by atoms with Crippen LogP contribution in [0.15, 0.2) is 45.1 Å². The summed E-state index contributed by atoms with van der Waals surface area (Å²) in [5.41, 5.74) is 1.23. The molecule has 0 radical (unpaired) electrons. The molecular formula is C21H18N6O5S4. The van der Waals surface area contributed by atoms with Crippen molar-refractivity contribution < 1.29 is 19.2 Å². The van der Waals surface area contributed by atoms with Gasteiger partial charge < -0.3 is 15.4 Å². The molecule has 0 saturated heterocycles. The van der Waals surface area contributed by atoms with Gasteiger partial charge in [-0.2, -0.15) is 0 Å². The largest absolute Gasteiger partial charge is 0.496 e. The van der Waals surface area contributed by atoms with Gasteiger partial charge in [-0.1, -0.05) is 34.9 Å². The van der Waals surface area contributed by atoms with Crippen molar-refractivity contribution >= 4 is 85.3 Å². The maximum Gasteiger partial charge on any atom is 0.296 e. The van der Waals surface area contributed by atoms with Gasteiger partial charge >= 0.3 is 0 Å². The van der Waals surface area contributed by atoms with Crippen LogP contribution < -0.4 is 15.4 Å². The number of thiazole rings is 1. The third-order valence-electron chi connectivity index (χ3n) is 4.49. The Labute approximate surface area is 221 Å². The van der Waals surface area contributed by atoms with Crippen LogP contribution in [0.3, 0.4) is 0 Å². The molecule has 2 heterocycles. The lowest BCUT2D eigenvalue weighted by Crippen LogP contribution is -2.15. The molecule has 0 aliphatic carbocycles. The summed E-state index contributed by atoms with van der Waals surface area (Å²) in [6.07, 6.45) is 0. The van der Waals surface area contributed by atoms with Gasteiger partial charge in [-0.15, -0.1) is 21.5 Å². The van der Waals surface area contributed by atoms with E-state index in [1.54, 1.807) is 12.1 Å². The SMILES string of the molecule is COc1ccc(NC(=O)CSc2nc3ccc(NC(=O)CSc4nnc(C)s4)cc3s2)c([N+](=O)[O-])c1. The average Bonchev–Trinajstić information content (AvgIpc) is 3.46. The Morgan fingerprint density at radius 2 is 1.78 bits per heavy atom. The van der Waals surface area contributed by atoms with Crippen LogP contribution in [0.5, 0.6) is 5.75 Å². The van der Waals surface area contributed by atoms with E-state index < -0.39 is 10.8 Å². The number of rotatable bonds is 10. The lowest BCUT2D eigenvalue weighted by Gasteiger charge is -2.07. The van der Waals surface area contributed by atoms with Gasteiger partial charge in [0.15, 0.2) is 8.68 Å². The minimum absolute atomic E-state index is 0.0227. The number of nitrogens with one attached hydrogen (secondary N) is 2. The molecule has 4 aromatic rings. The number of hydrogen-bond donors (Lipinski definition) is 2. The third-order valence-corrected chi connectivity index (χ3v) is 8.62. The highest BCUT2D eigenvalue weighted by Gasteiger charge is 2.18. The number of hydrogen-bond acceptors (Lipinski definition) is 12. The predicted molar refractivity (Wildman–Crippen MR) is 143 cm³/mol. The highest BCUT2D eigenvalue weighted by atomic mass is 32.2. The van der Waals surface area contributed by atoms with E-state index in [2.05, 4.69) is 25.8 Å². The Morgan fingerprint density at radius 3 is 2.47 bits per heavy atom. The Morgan fingerprint density at radius 1 is 1.03 bits per heavy atom. The van der Waals surface area contributed by atoms with E-state index >= 15 is 0 Å². The Hall–Kier alpha value is -3.27. The highest BCUT2D eigenvalue weighted by Crippen LogP contribution is 2.33. The average molecular weight is 563 g/mol. The van der Waals surface area contributed by atoms with E-state index in [1.165, 1.54) is 71.5 Å². The van der Waals surface area contributed by atoms with Crippen molar-refractivity contribution in [3.05, 3.63) is 51.5 Å². The Bertz CT molecular complexity index is 1440. The van der Waals surface area contributed by atoms with Crippen molar-refractivity contribution in [2.24, 2.45) is 0 Å². The molecule has 2 N–H and O–H groups in total. The summed E-state index contributed by atoms with van der Waals surface area (Å²) >= 11 is 5.38. The second kappa shape index (κ2) is 11.6. The third kappa shape index (κ3) is 6.69. The van der Waals surface area contributed by atoms with Crippen LogP contribution in [0.4, 0.5) is 17.1 Å².